The highest BCUT2D eigenvalue weighted by molar-refractivity contribution is 6.30. The highest BCUT2D eigenvalue weighted by Crippen LogP contribution is 2.23. The molecular formula is C13H17Cl2NO. The molecule has 0 aliphatic heterocycles. The summed E-state index contributed by atoms with van der Waals surface area (Å²) in [6, 6.07) is 7.69. The highest BCUT2D eigenvalue weighted by atomic mass is 35.5. The molecule has 1 aromatic carbocycles. The fraction of sp³-hybridized carbons (Fsp3) is 0.462. The number of rotatable bonds is 5. The SMILES string of the molecule is CC(C)(CNC(=O)CCCl)c1ccc(Cl)cc1. The molecule has 0 spiro atoms. The molecule has 0 radical (unpaired) electrons. The van der Waals surface area contributed by atoms with Crippen LogP contribution in [0.2, 0.25) is 5.02 Å². The summed E-state index contributed by atoms with van der Waals surface area (Å²) in [5, 5.41) is 3.60. The fourth-order valence-corrected chi connectivity index (χ4v) is 1.79. The summed E-state index contributed by atoms with van der Waals surface area (Å²) >= 11 is 11.4. The van der Waals surface area contributed by atoms with Gasteiger partial charge in [0.2, 0.25) is 5.91 Å². The molecular weight excluding hydrogens is 257 g/mol. The van der Waals surface area contributed by atoms with E-state index in [2.05, 4.69) is 19.2 Å². The monoisotopic (exact) mass is 273 g/mol. The van der Waals surface area contributed by atoms with Crippen LogP contribution in [-0.4, -0.2) is 18.3 Å². The second-order valence-electron chi connectivity index (χ2n) is 4.61. The zero-order valence-corrected chi connectivity index (χ0v) is 11.6. The third-order valence-electron chi connectivity index (χ3n) is 2.67. The molecule has 0 bridgehead atoms. The van der Waals surface area contributed by atoms with Gasteiger partial charge in [-0.15, -0.1) is 11.6 Å². The number of hydrogen-bond acceptors (Lipinski definition) is 1. The predicted molar refractivity (Wildman–Crippen MR) is 72.8 cm³/mol. The van der Waals surface area contributed by atoms with Gasteiger partial charge >= 0.3 is 0 Å². The molecule has 4 heteroatoms. The highest BCUT2D eigenvalue weighted by Gasteiger charge is 2.21. The van der Waals surface area contributed by atoms with E-state index in [0.717, 1.165) is 10.6 Å². The Bertz CT molecular complexity index is 374. The summed E-state index contributed by atoms with van der Waals surface area (Å²) in [5.74, 6) is 0.342. The van der Waals surface area contributed by atoms with Gasteiger partial charge in [-0.25, -0.2) is 0 Å². The van der Waals surface area contributed by atoms with Crippen LogP contribution in [0.1, 0.15) is 25.8 Å². The number of benzene rings is 1. The Labute approximate surface area is 112 Å². The minimum Gasteiger partial charge on any atom is -0.355 e. The molecule has 0 aliphatic rings. The van der Waals surface area contributed by atoms with Crippen molar-refractivity contribution in [2.24, 2.45) is 0 Å². The maximum Gasteiger partial charge on any atom is 0.221 e. The van der Waals surface area contributed by atoms with Gasteiger partial charge < -0.3 is 5.32 Å². The Morgan fingerprint density at radius 1 is 1.29 bits per heavy atom. The van der Waals surface area contributed by atoms with E-state index in [4.69, 9.17) is 23.2 Å². The smallest absolute Gasteiger partial charge is 0.221 e. The van der Waals surface area contributed by atoms with Crippen molar-refractivity contribution in [1.82, 2.24) is 5.32 Å². The quantitative estimate of drug-likeness (QED) is 0.819. The first-order valence-electron chi connectivity index (χ1n) is 5.54. The van der Waals surface area contributed by atoms with Gasteiger partial charge in [-0.2, -0.15) is 0 Å². The van der Waals surface area contributed by atoms with Gasteiger partial charge in [-0.1, -0.05) is 37.6 Å². The minimum atomic E-state index is -0.118. The second kappa shape index (κ2) is 6.27. The molecule has 0 heterocycles. The van der Waals surface area contributed by atoms with Crippen molar-refractivity contribution in [1.29, 1.82) is 0 Å². The lowest BCUT2D eigenvalue weighted by molar-refractivity contribution is -0.120. The maximum absolute atomic E-state index is 11.4. The average Bonchev–Trinajstić information content (AvgIpc) is 2.28. The molecule has 0 fully saturated rings. The molecule has 0 unspecified atom stereocenters. The molecule has 0 aliphatic carbocycles. The van der Waals surface area contributed by atoms with Gasteiger partial charge in [0.25, 0.3) is 0 Å². The second-order valence-corrected chi connectivity index (χ2v) is 5.42. The summed E-state index contributed by atoms with van der Waals surface area (Å²) in [6.45, 7) is 4.75. The fourth-order valence-electron chi connectivity index (χ4n) is 1.50. The zero-order valence-electron chi connectivity index (χ0n) is 10.1. The van der Waals surface area contributed by atoms with E-state index >= 15 is 0 Å². The zero-order chi connectivity index (χ0) is 12.9. The van der Waals surface area contributed by atoms with Crippen LogP contribution in [0.15, 0.2) is 24.3 Å². The van der Waals surface area contributed by atoms with Crippen LogP contribution in [-0.2, 0) is 10.2 Å². The van der Waals surface area contributed by atoms with E-state index in [1.807, 2.05) is 24.3 Å². The van der Waals surface area contributed by atoms with Gasteiger partial charge in [0.1, 0.15) is 0 Å². The molecule has 1 aromatic rings. The summed E-state index contributed by atoms with van der Waals surface area (Å²) < 4.78 is 0. The van der Waals surface area contributed by atoms with Crippen molar-refractivity contribution in [2.75, 3.05) is 12.4 Å². The first kappa shape index (κ1) is 14.3. The number of alkyl halides is 1. The van der Waals surface area contributed by atoms with E-state index in [1.54, 1.807) is 0 Å². The van der Waals surface area contributed by atoms with Crippen LogP contribution in [0.3, 0.4) is 0 Å². The van der Waals surface area contributed by atoms with Gasteiger partial charge in [0.05, 0.1) is 0 Å². The predicted octanol–water partition coefficient (Wildman–Crippen LogP) is 3.36. The lowest BCUT2D eigenvalue weighted by Crippen LogP contribution is -2.36. The molecule has 2 nitrogen and oxygen atoms in total. The van der Waals surface area contributed by atoms with Crippen LogP contribution in [0, 0.1) is 0 Å². The van der Waals surface area contributed by atoms with Crippen LogP contribution < -0.4 is 5.32 Å². The number of amides is 1. The molecule has 0 aromatic heterocycles. The molecule has 1 amide bonds. The Morgan fingerprint density at radius 3 is 2.41 bits per heavy atom. The first-order valence-corrected chi connectivity index (χ1v) is 6.45. The van der Waals surface area contributed by atoms with E-state index < -0.39 is 0 Å². The average molecular weight is 274 g/mol. The minimum absolute atomic E-state index is 0.0120. The van der Waals surface area contributed by atoms with E-state index in [-0.39, 0.29) is 11.3 Å². The number of hydrogen-bond donors (Lipinski definition) is 1. The van der Waals surface area contributed by atoms with E-state index in [1.165, 1.54) is 0 Å². The standard InChI is InChI=1S/C13H17Cl2NO/c1-13(2,9-16-12(17)7-8-14)10-3-5-11(15)6-4-10/h3-6H,7-9H2,1-2H3,(H,16,17). The summed E-state index contributed by atoms with van der Waals surface area (Å²) in [7, 11) is 0. The normalized spacial score (nSPS) is 11.3. The van der Waals surface area contributed by atoms with E-state index in [0.29, 0.717) is 18.8 Å². The third kappa shape index (κ3) is 4.57. The van der Waals surface area contributed by atoms with Crippen molar-refractivity contribution in [3.05, 3.63) is 34.9 Å². The first-order chi connectivity index (χ1) is 7.95. The Balaban J connectivity index is 2.61. The van der Waals surface area contributed by atoms with Crippen molar-refractivity contribution in [3.63, 3.8) is 0 Å². The molecule has 1 N–H and O–H groups in total. The largest absolute Gasteiger partial charge is 0.355 e. The van der Waals surface area contributed by atoms with Crippen molar-refractivity contribution >= 4 is 29.1 Å². The summed E-state index contributed by atoms with van der Waals surface area (Å²) in [5.41, 5.74) is 1.03. The molecule has 1 rings (SSSR count). The maximum atomic E-state index is 11.4. The number of nitrogens with one attached hydrogen (secondary N) is 1. The van der Waals surface area contributed by atoms with Crippen LogP contribution >= 0.6 is 23.2 Å². The lowest BCUT2D eigenvalue weighted by Gasteiger charge is -2.25. The third-order valence-corrected chi connectivity index (χ3v) is 3.12. The Hall–Kier alpha value is -0.730. The van der Waals surface area contributed by atoms with Crippen LogP contribution in [0.25, 0.3) is 0 Å². The Kier molecular flexibility index (Phi) is 5.29. The summed E-state index contributed by atoms with van der Waals surface area (Å²) in [6.07, 6.45) is 0.359. The molecule has 0 saturated heterocycles. The molecule has 94 valence electrons. The van der Waals surface area contributed by atoms with Gasteiger partial charge in [0.15, 0.2) is 0 Å². The van der Waals surface area contributed by atoms with Crippen molar-refractivity contribution in [3.8, 4) is 0 Å². The number of carbonyl (C=O) groups is 1. The Morgan fingerprint density at radius 2 is 1.88 bits per heavy atom. The number of halogens is 2. The van der Waals surface area contributed by atoms with Gasteiger partial charge in [0, 0.05) is 29.3 Å². The van der Waals surface area contributed by atoms with Crippen LogP contribution in [0.5, 0.6) is 0 Å². The van der Waals surface area contributed by atoms with Crippen molar-refractivity contribution in [2.45, 2.75) is 25.7 Å². The van der Waals surface area contributed by atoms with Crippen molar-refractivity contribution < 1.29 is 4.79 Å². The molecule has 17 heavy (non-hydrogen) atoms. The van der Waals surface area contributed by atoms with E-state index in [9.17, 15) is 4.79 Å². The summed E-state index contributed by atoms with van der Waals surface area (Å²) in [4.78, 5) is 11.4. The van der Waals surface area contributed by atoms with Gasteiger partial charge in [-0.05, 0) is 17.7 Å². The number of carbonyl (C=O) groups excluding carboxylic acids is 1. The topological polar surface area (TPSA) is 29.1 Å². The van der Waals surface area contributed by atoms with Gasteiger partial charge in [-0.3, -0.25) is 4.79 Å². The molecule has 0 saturated carbocycles. The molecule has 0 atom stereocenters. The lowest BCUT2D eigenvalue weighted by atomic mass is 9.84. The van der Waals surface area contributed by atoms with Crippen LogP contribution in [0.4, 0.5) is 0 Å².